The van der Waals surface area contributed by atoms with Crippen LogP contribution in [-0.4, -0.2) is 23.9 Å². The van der Waals surface area contributed by atoms with Crippen LogP contribution in [0, 0.1) is 11.6 Å². The third kappa shape index (κ3) is 2.93. The van der Waals surface area contributed by atoms with Crippen LogP contribution in [0.2, 0.25) is 0 Å². The molecule has 1 amide bonds. The van der Waals surface area contributed by atoms with Crippen molar-refractivity contribution in [3.05, 3.63) is 29.3 Å². The molecule has 0 aliphatic rings. The fourth-order valence-corrected chi connectivity index (χ4v) is 1.57. The zero-order valence-electron chi connectivity index (χ0n) is 9.96. The molecule has 0 aliphatic carbocycles. The van der Waals surface area contributed by atoms with E-state index in [0.717, 1.165) is 12.5 Å². The normalized spacial score (nSPS) is 10.4. The summed E-state index contributed by atoms with van der Waals surface area (Å²) in [6.45, 7) is 4.74. The fourth-order valence-electron chi connectivity index (χ4n) is 1.57. The summed E-state index contributed by atoms with van der Waals surface area (Å²) in [6.07, 6.45) is 0.776. The zero-order chi connectivity index (χ0) is 13.0. The molecule has 0 fully saturated rings. The number of nitrogens with zero attached hydrogens (tertiary/aromatic N) is 1. The SMILES string of the molecule is CCCN(CC)C(=O)c1cc(N)c(F)cc1F. The van der Waals surface area contributed by atoms with Gasteiger partial charge in [0.25, 0.3) is 5.91 Å². The minimum Gasteiger partial charge on any atom is -0.396 e. The number of amides is 1. The largest absolute Gasteiger partial charge is 0.396 e. The molecule has 0 atom stereocenters. The van der Waals surface area contributed by atoms with Crippen LogP contribution in [0.4, 0.5) is 14.5 Å². The third-order valence-corrected chi connectivity index (χ3v) is 2.48. The number of nitrogen functional groups attached to an aromatic ring is 1. The molecule has 5 heteroatoms. The quantitative estimate of drug-likeness (QED) is 0.824. The second-order valence-electron chi connectivity index (χ2n) is 3.74. The maximum absolute atomic E-state index is 13.5. The van der Waals surface area contributed by atoms with E-state index in [1.807, 2.05) is 6.92 Å². The van der Waals surface area contributed by atoms with Crippen LogP contribution in [0.1, 0.15) is 30.6 Å². The highest BCUT2D eigenvalue weighted by Crippen LogP contribution is 2.18. The summed E-state index contributed by atoms with van der Waals surface area (Å²) in [4.78, 5) is 13.5. The topological polar surface area (TPSA) is 46.3 Å². The first-order valence-electron chi connectivity index (χ1n) is 5.55. The summed E-state index contributed by atoms with van der Waals surface area (Å²) in [5.41, 5.74) is 4.93. The number of nitrogens with two attached hydrogens (primary N) is 1. The van der Waals surface area contributed by atoms with Crippen LogP contribution in [0.25, 0.3) is 0 Å². The van der Waals surface area contributed by atoms with E-state index in [-0.39, 0.29) is 11.3 Å². The lowest BCUT2D eigenvalue weighted by Crippen LogP contribution is -2.32. The lowest BCUT2D eigenvalue weighted by Gasteiger charge is -2.20. The summed E-state index contributed by atoms with van der Waals surface area (Å²) in [7, 11) is 0. The summed E-state index contributed by atoms with van der Waals surface area (Å²) < 4.78 is 26.4. The summed E-state index contributed by atoms with van der Waals surface area (Å²) in [5.74, 6) is -2.19. The number of halogens is 2. The van der Waals surface area contributed by atoms with E-state index >= 15 is 0 Å². The van der Waals surface area contributed by atoms with Gasteiger partial charge in [-0.1, -0.05) is 6.92 Å². The Morgan fingerprint density at radius 2 is 1.94 bits per heavy atom. The number of rotatable bonds is 4. The molecule has 0 radical (unpaired) electrons. The second-order valence-corrected chi connectivity index (χ2v) is 3.74. The van der Waals surface area contributed by atoms with Crippen LogP contribution in [-0.2, 0) is 0 Å². The first-order chi connectivity index (χ1) is 8.01. The van der Waals surface area contributed by atoms with Gasteiger partial charge in [0.05, 0.1) is 11.3 Å². The molecule has 2 N–H and O–H groups in total. The molecule has 3 nitrogen and oxygen atoms in total. The van der Waals surface area contributed by atoms with E-state index in [0.29, 0.717) is 19.2 Å². The van der Waals surface area contributed by atoms with Gasteiger partial charge in [0.2, 0.25) is 0 Å². The predicted molar refractivity (Wildman–Crippen MR) is 62.6 cm³/mol. The Labute approximate surface area is 99.2 Å². The molecular formula is C12H16F2N2O. The van der Waals surface area contributed by atoms with Gasteiger partial charge in [0, 0.05) is 19.2 Å². The van der Waals surface area contributed by atoms with Crippen molar-refractivity contribution in [2.24, 2.45) is 0 Å². The van der Waals surface area contributed by atoms with E-state index in [1.54, 1.807) is 6.92 Å². The number of hydrogen-bond donors (Lipinski definition) is 1. The summed E-state index contributed by atoms with van der Waals surface area (Å²) >= 11 is 0. The Morgan fingerprint density at radius 3 is 2.47 bits per heavy atom. The number of carbonyl (C=O) groups is 1. The van der Waals surface area contributed by atoms with Crippen molar-refractivity contribution in [2.45, 2.75) is 20.3 Å². The predicted octanol–water partition coefficient (Wildman–Crippen LogP) is 2.42. The van der Waals surface area contributed by atoms with Crippen molar-refractivity contribution in [2.75, 3.05) is 18.8 Å². The molecule has 1 aromatic rings. The van der Waals surface area contributed by atoms with Gasteiger partial charge in [-0.15, -0.1) is 0 Å². The lowest BCUT2D eigenvalue weighted by molar-refractivity contribution is 0.0759. The smallest absolute Gasteiger partial charge is 0.256 e. The highest BCUT2D eigenvalue weighted by Gasteiger charge is 2.19. The minimum atomic E-state index is -0.878. The van der Waals surface area contributed by atoms with Crippen molar-refractivity contribution in [3.8, 4) is 0 Å². The van der Waals surface area contributed by atoms with Gasteiger partial charge in [-0.2, -0.15) is 0 Å². The Balaban J connectivity index is 3.07. The zero-order valence-corrected chi connectivity index (χ0v) is 9.96. The average molecular weight is 242 g/mol. The molecule has 0 unspecified atom stereocenters. The van der Waals surface area contributed by atoms with Crippen molar-refractivity contribution in [1.82, 2.24) is 4.90 Å². The standard InChI is InChI=1S/C12H16F2N2O/c1-3-5-16(4-2)12(17)8-6-11(15)10(14)7-9(8)13/h6-7H,3-5,15H2,1-2H3. The second kappa shape index (κ2) is 5.61. The van der Waals surface area contributed by atoms with Crippen LogP contribution < -0.4 is 5.73 Å². The molecule has 0 heterocycles. The first-order valence-corrected chi connectivity index (χ1v) is 5.55. The van der Waals surface area contributed by atoms with Gasteiger partial charge < -0.3 is 10.6 Å². The van der Waals surface area contributed by atoms with E-state index in [1.165, 1.54) is 4.90 Å². The van der Waals surface area contributed by atoms with Crippen LogP contribution in [0.5, 0.6) is 0 Å². The van der Waals surface area contributed by atoms with Gasteiger partial charge >= 0.3 is 0 Å². The van der Waals surface area contributed by atoms with Crippen molar-refractivity contribution in [1.29, 1.82) is 0 Å². The highest BCUT2D eigenvalue weighted by molar-refractivity contribution is 5.95. The number of anilines is 1. The minimum absolute atomic E-state index is 0.181. The maximum atomic E-state index is 13.5. The molecular weight excluding hydrogens is 226 g/mol. The Kier molecular flexibility index (Phi) is 4.43. The Bertz CT molecular complexity index is 421. The van der Waals surface area contributed by atoms with E-state index in [2.05, 4.69) is 0 Å². The molecule has 1 rings (SSSR count). The van der Waals surface area contributed by atoms with Gasteiger partial charge in [-0.05, 0) is 19.4 Å². The molecule has 1 aromatic carbocycles. The highest BCUT2D eigenvalue weighted by atomic mass is 19.1. The van der Waals surface area contributed by atoms with E-state index in [9.17, 15) is 13.6 Å². The fraction of sp³-hybridized carbons (Fsp3) is 0.417. The summed E-state index contributed by atoms with van der Waals surface area (Å²) in [6, 6.07) is 1.69. The lowest BCUT2D eigenvalue weighted by atomic mass is 10.1. The van der Waals surface area contributed by atoms with Crippen LogP contribution in [0.15, 0.2) is 12.1 Å². The van der Waals surface area contributed by atoms with Gasteiger partial charge in [-0.25, -0.2) is 8.78 Å². The number of carbonyl (C=O) groups excluding carboxylic acids is 1. The van der Waals surface area contributed by atoms with Gasteiger partial charge in [0.1, 0.15) is 11.6 Å². The Morgan fingerprint density at radius 1 is 1.29 bits per heavy atom. The number of hydrogen-bond acceptors (Lipinski definition) is 2. The summed E-state index contributed by atoms with van der Waals surface area (Å²) in [5, 5.41) is 0. The van der Waals surface area contributed by atoms with Crippen LogP contribution >= 0.6 is 0 Å². The number of benzene rings is 1. The molecule has 0 saturated carbocycles. The molecule has 0 aliphatic heterocycles. The van der Waals surface area contributed by atoms with Crippen molar-refractivity contribution < 1.29 is 13.6 Å². The molecule has 0 bridgehead atoms. The molecule has 0 spiro atoms. The first kappa shape index (κ1) is 13.4. The van der Waals surface area contributed by atoms with Crippen molar-refractivity contribution >= 4 is 11.6 Å². The van der Waals surface area contributed by atoms with E-state index < -0.39 is 17.5 Å². The van der Waals surface area contributed by atoms with Crippen molar-refractivity contribution in [3.63, 3.8) is 0 Å². The monoisotopic (exact) mass is 242 g/mol. The Hall–Kier alpha value is -1.65. The maximum Gasteiger partial charge on any atom is 0.256 e. The van der Waals surface area contributed by atoms with Crippen LogP contribution in [0.3, 0.4) is 0 Å². The van der Waals surface area contributed by atoms with Gasteiger partial charge in [0.15, 0.2) is 0 Å². The van der Waals surface area contributed by atoms with Gasteiger partial charge in [-0.3, -0.25) is 4.79 Å². The van der Waals surface area contributed by atoms with E-state index in [4.69, 9.17) is 5.73 Å². The molecule has 17 heavy (non-hydrogen) atoms. The molecule has 0 saturated heterocycles. The molecule has 94 valence electrons. The molecule has 0 aromatic heterocycles. The average Bonchev–Trinajstić information content (AvgIpc) is 2.30. The third-order valence-electron chi connectivity index (χ3n) is 2.48.